The number of hydrogen-bond donors (Lipinski definition) is 0. The van der Waals surface area contributed by atoms with Crippen LogP contribution in [-0.4, -0.2) is 29.3 Å². The highest BCUT2D eigenvalue weighted by atomic mass is 19.1. The lowest BCUT2D eigenvalue weighted by Crippen LogP contribution is -2.28. The van der Waals surface area contributed by atoms with Gasteiger partial charge in [-0.05, 0) is 12.5 Å². The molecule has 1 rings (SSSR count). The maximum absolute atomic E-state index is 13.6. The van der Waals surface area contributed by atoms with Crippen LogP contribution in [0.25, 0.3) is 0 Å². The monoisotopic (exact) mass is 272 g/mol. The molecule has 104 valence electrons. The lowest BCUT2D eigenvalue weighted by Gasteiger charge is -2.17. The van der Waals surface area contributed by atoms with Crippen molar-refractivity contribution in [3.05, 3.63) is 39.4 Å². The van der Waals surface area contributed by atoms with Crippen molar-refractivity contribution in [3.8, 4) is 0 Å². The molecular formula is C12H14F2N2O3. The topological polar surface area (TPSA) is 63.5 Å². The second-order valence-corrected chi connectivity index (χ2v) is 4.12. The zero-order chi connectivity index (χ0) is 14.6. The number of nitrogens with zero attached hydrogens (tertiary/aromatic N) is 2. The molecule has 0 N–H and O–H groups in total. The Hall–Kier alpha value is -2.05. The number of carbonyl (C=O) groups is 1. The molecule has 0 aliphatic rings. The molecule has 19 heavy (non-hydrogen) atoms. The summed E-state index contributed by atoms with van der Waals surface area (Å²) in [6, 6.07) is 0.995. The molecule has 0 unspecified atom stereocenters. The molecule has 0 bridgehead atoms. The highest BCUT2D eigenvalue weighted by molar-refractivity contribution is 5.94. The number of halogens is 2. The molecule has 0 radical (unpaired) electrons. The highest BCUT2D eigenvalue weighted by Gasteiger charge is 2.23. The number of carbonyl (C=O) groups excluding carboxylic acids is 1. The molecule has 7 heteroatoms. The predicted octanol–water partition coefficient (Wildman–Crippen LogP) is 2.75. The van der Waals surface area contributed by atoms with Crippen molar-refractivity contribution >= 4 is 11.6 Å². The van der Waals surface area contributed by atoms with E-state index in [2.05, 4.69) is 0 Å². The molecule has 0 aliphatic heterocycles. The molecule has 0 spiro atoms. The van der Waals surface area contributed by atoms with Gasteiger partial charge in [0.15, 0.2) is 0 Å². The number of nitro groups is 1. The van der Waals surface area contributed by atoms with E-state index >= 15 is 0 Å². The number of amides is 1. The van der Waals surface area contributed by atoms with Crippen molar-refractivity contribution in [3.63, 3.8) is 0 Å². The fourth-order valence-electron chi connectivity index (χ4n) is 1.54. The maximum atomic E-state index is 13.6. The fourth-order valence-corrected chi connectivity index (χ4v) is 1.54. The Labute approximate surface area is 109 Å². The maximum Gasteiger partial charge on any atom is 0.307 e. The van der Waals surface area contributed by atoms with Gasteiger partial charge < -0.3 is 4.90 Å². The van der Waals surface area contributed by atoms with Gasteiger partial charge in [0.2, 0.25) is 5.82 Å². The Morgan fingerprint density at radius 2 is 2.00 bits per heavy atom. The second-order valence-electron chi connectivity index (χ2n) is 4.12. The van der Waals surface area contributed by atoms with Gasteiger partial charge in [-0.25, -0.2) is 4.39 Å². The van der Waals surface area contributed by atoms with Gasteiger partial charge >= 0.3 is 5.69 Å². The minimum Gasteiger partial charge on any atom is -0.342 e. The lowest BCUT2D eigenvalue weighted by molar-refractivity contribution is -0.387. The van der Waals surface area contributed by atoms with Gasteiger partial charge in [-0.1, -0.05) is 13.3 Å². The van der Waals surface area contributed by atoms with Crippen LogP contribution in [0, 0.1) is 21.7 Å². The molecule has 1 aromatic rings. The van der Waals surface area contributed by atoms with Crippen LogP contribution < -0.4 is 0 Å². The van der Waals surface area contributed by atoms with E-state index in [0.717, 1.165) is 12.8 Å². The number of rotatable bonds is 5. The molecule has 1 amide bonds. The van der Waals surface area contributed by atoms with E-state index in [1.807, 2.05) is 6.92 Å². The van der Waals surface area contributed by atoms with Crippen LogP contribution >= 0.6 is 0 Å². The van der Waals surface area contributed by atoms with Crippen LogP contribution in [0.2, 0.25) is 0 Å². The van der Waals surface area contributed by atoms with Gasteiger partial charge in [0.1, 0.15) is 5.82 Å². The molecule has 0 fully saturated rings. The minimum absolute atomic E-state index is 0.410. The number of unbranched alkanes of at least 4 members (excludes halogenated alkanes) is 1. The highest BCUT2D eigenvalue weighted by Crippen LogP contribution is 2.22. The van der Waals surface area contributed by atoms with Crippen LogP contribution in [0.1, 0.15) is 30.1 Å². The first-order chi connectivity index (χ1) is 8.88. The summed E-state index contributed by atoms with van der Waals surface area (Å²) in [5, 5.41) is 10.4. The molecule has 0 heterocycles. The first-order valence-corrected chi connectivity index (χ1v) is 5.77. The third kappa shape index (κ3) is 3.46. The zero-order valence-corrected chi connectivity index (χ0v) is 10.7. The van der Waals surface area contributed by atoms with E-state index in [4.69, 9.17) is 0 Å². The summed E-state index contributed by atoms with van der Waals surface area (Å²) in [5.74, 6) is -3.01. The standard InChI is InChI=1S/C12H14F2N2O3/c1-3-4-5-15(2)12(17)8-6-10(14)11(16(18)19)7-9(8)13/h6-7H,3-5H2,1-2H3. The third-order valence-corrected chi connectivity index (χ3v) is 2.66. The lowest BCUT2D eigenvalue weighted by atomic mass is 10.1. The molecule has 1 aromatic carbocycles. The largest absolute Gasteiger partial charge is 0.342 e. The van der Waals surface area contributed by atoms with Crippen molar-refractivity contribution in [2.75, 3.05) is 13.6 Å². The van der Waals surface area contributed by atoms with Crippen LogP contribution in [-0.2, 0) is 0 Å². The Balaban J connectivity index is 3.05. The Morgan fingerprint density at radius 3 is 2.53 bits per heavy atom. The Bertz CT molecular complexity index is 506. The normalized spacial score (nSPS) is 10.3. The van der Waals surface area contributed by atoms with E-state index in [1.165, 1.54) is 11.9 Å². The summed E-state index contributed by atoms with van der Waals surface area (Å²) in [5.41, 5.74) is -1.48. The van der Waals surface area contributed by atoms with Crippen LogP contribution in [0.3, 0.4) is 0 Å². The Kier molecular flexibility index (Phi) is 4.91. The molecule has 5 nitrogen and oxygen atoms in total. The smallest absolute Gasteiger partial charge is 0.307 e. The predicted molar refractivity (Wildman–Crippen MR) is 64.9 cm³/mol. The fraction of sp³-hybridized carbons (Fsp3) is 0.417. The second kappa shape index (κ2) is 6.21. The number of nitro benzene ring substituents is 1. The summed E-state index contributed by atoms with van der Waals surface area (Å²) < 4.78 is 27.0. The van der Waals surface area contributed by atoms with Crippen LogP contribution in [0.4, 0.5) is 14.5 Å². The average molecular weight is 272 g/mol. The van der Waals surface area contributed by atoms with Gasteiger partial charge in [-0.15, -0.1) is 0 Å². The molecule has 0 atom stereocenters. The van der Waals surface area contributed by atoms with E-state index in [-0.39, 0.29) is 0 Å². The van der Waals surface area contributed by atoms with E-state index in [9.17, 15) is 23.7 Å². The third-order valence-electron chi connectivity index (χ3n) is 2.66. The number of benzene rings is 1. The minimum atomic E-state index is -1.22. The molecule has 0 saturated heterocycles. The van der Waals surface area contributed by atoms with Gasteiger partial charge in [0, 0.05) is 13.6 Å². The van der Waals surface area contributed by atoms with Crippen LogP contribution in [0.15, 0.2) is 12.1 Å². The van der Waals surface area contributed by atoms with E-state index in [1.54, 1.807) is 0 Å². The van der Waals surface area contributed by atoms with Gasteiger partial charge in [-0.2, -0.15) is 4.39 Å². The summed E-state index contributed by atoms with van der Waals surface area (Å²) >= 11 is 0. The van der Waals surface area contributed by atoms with Gasteiger partial charge in [0.05, 0.1) is 16.6 Å². The first kappa shape index (κ1) is 15.0. The first-order valence-electron chi connectivity index (χ1n) is 5.77. The van der Waals surface area contributed by atoms with Crippen molar-refractivity contribution in [1.29, 1.82) is 0 Å². The van der Waals surface area contributed by atoms with Crippen molar-refractivity contribution in [1.82, 2.24) is 4.90 Å². The molecule has 0 saturated carbocycles. The van der Waals surface area contributed by atoms with E-state index < -0.39 is 33.7 Å². The number of hydrogen-bond acceptors (Lipinski definition) is 3. The van der Waals surface area contributed by atoms with Crippen LogP contribution in [0.5, 0.6) is 0 Å². The summed E-state index contributed by atoms with van der Waals surface area (Å²) in [6.45, 7) is 2.35. The molecule has 0 aromatic heterocycles. The zero-order valence-electron chi connectivity index (χ0n) is 10.7. The van der Waals surface area contributed by atoms with Crippen molar-refractivity contribution in [2.45, 2.75) is 19.8 Å². The molecular weight excluding hydrogens is 258 g/mol. The average Bonchev–Trinajstić information content (AvgIpc) is 2.36. The van der Waals surface area contributed by atoms with Gasteiger partial charge in [0.25, 0.3) is 5.91 Å². The summed E-state index contributed by atoms with van der Waals surface area (Å²) in [6.07, 6.45) is 1.59. The van der Waals surface area contributed by atoms with E-state index in [0.29, 0.717) is 18.7 Å². The summed E-state index contributed by atoms with van der Waals surface area (Å²) in [7, 11) is 1.47. The van der Waals surface area contributed by atoms with Crippen molar-refractivity contribution in [2.24, 2.45) is 0 Å². The molecule has 0 aliphatic carbocycles. The van der Waals surface area contributed by atoms with Gasteiger partial charge in [-0.3, -0.25) is 14.9 Å². The van der Waals surface area contributed by atoms with Crippen molar-refractivity contribution < 1.29 is 18.5 Å². The quantitative estimate of drug-likeness (QED) is 0.611. The SMILES string of the molecule is CCCCN(C)C(=O)c1cc(F)c([N+](=O)[O-])cc1F. The Morgan fingerprint density at radius 1 is 1.37 bits per heavy atom. The summed E-state index contributed by atoms with van der Waals surface area (Å²) in [4.78, 5) is 22.5.